The van der Waals surface area contributed by atoms with E-state index in [2.05, 4.69) is 5.32 Å². The lowest BCUT2D eigenvalue weighted by Gasteiger charge is -2.26. The number of nitrogens with one attached hydrogen (secondary N) is 1. The Morgan fingerprint density at radius 3 is 2.57 bits per heavy atom. The molecule has 2 aromatic rings. The van der Waals surface area contributed by atoms with Crippen molar-refractivity contribution in [3.63, 3.8) is 0 Å². The highest BCUT2D eigenvalue weighted by atomic mass is 32.2. The predicted molar refractivity (Wildman–Crippen MR) is 101 cm³/mol. The van der Waals surface area contributed by atoms with E-state index in [0.29, 0.717) is 0 Å². The number of sulfonamides is 1. The zero-order chi connectivity index (χ0) is 20.0. The monoisotopic (exact) mass is 408 g/mol. The molecule has 0 aromatic heterocycles. The van der Waals surface area contributed by atoms with Gasteiger partial charge in [-0.25, -0.2) is 12.8 Å². The van der Waals surface area contributed by atoms with E-state index in [1.54, 1.807) is 0 Å². The Labute approximate surface area is 163 Å². The molecule has 1 fully saturated rings. The molecule has 150 valence electrons. The number of amides is 1. The van der Waals surface area contributed by atoms with E-state index in [-0.39, 0.29) is 45.2 Å². The summed E-state index contributed by atoms with van der Waals surface area (Å²) in [6, 6.07) is 12.8. The Morgan fingerprint density at radius 1 is 1.14 bits per heavy atom. The van der Waals surface area contributed by atoms with Crippen LogP contribution in [0.4, 0.5) is 10.1 Å². The van der Waals surface area contributed by atoms with E-state index >= 15 is 0 Å². The van der Waals surface area contributed by atoms with Gasteiger partial charge in [0.15, 0.2) is 0 Å². The first-order valence-electron chi connectivity index (χ1n) is 8.76. The number of morpholine rings is 1. The van der Waals surface area contributed by atoms with Crippen LogP contribution in [-0.2, 0) is 30.9 Å². The molecule has 0 radical (unpaired) electrons. The summed E-state index contributed by atoms with van der Waals surface area (Å²) in [6.45, 7) is 0.898. The van der Waals surface area contributed by atoms with Gasteiger partial charge in [-0.05, 0) is 23.8 Å². The maximum Gasteiger partial charge on any atom is 0.250 e. The second-order valence-corrected chi connectivity index (χ2v) is 8.09. The number of nitrogens with zero attached hydrogens (tertiary/aromatic N) is 1. The highest BCUT2D eigenvalue weighted by Gasteiger charge is 2.29. The fraction of sp³-hybridized carbons (Fsp3) is 0.316. The normalized spacial score (nSPS) is 15.3. The summed E-state index contributed by atoms with van der Waals surface area (Å²) in [4.78, 5) is 11.6. The molecule has 9 heteroatoms. The molecule has 1 aliphatic heterocycles. The molecule has 0 saturated carbocycles. The fourth-order valence-corrected chi connectivity index (χ4v) is 4.24. The van der Waals surface area contributed by atoms with Gasteiger partial charge in [-0.2, -0.15) is 4.31 Å². The Hall–Kier alpha value is -2.33. The molecule has 1 N–H and O–H groups in total. The SMILES string of the molecule is O=C(COCc1ccccc1)Nc1ccc(F)c(S(=O)(=O)N2CCOCC2)c1. The maximum absolute atomic E-state index is 14.2. The number of anilines is 1. The molecule has 7 nitrogen and oxygen atoms in total. The van der Waals surface area contributed by atoms with Crippen LogP contribution in [0.25, 0.3) is 0 Å². The van der Waals surface area contributed by atoms with Crippen LogP contribution in [0.5, 0.6) is 0 Å². The first-order chi connectivity index (χ1) is 13.5. The largest absolute Gasteiger partial charge is 0.379 e. The zero-order valence-electron chi connectivity index (χ0n) is 15.1. The zero-order valence-corrected chi connectivity index (χ0v) is 16.0. The molecule has 1 heterocycles. The Kier molecular flexibility index (Phi) is 6.74. The van der Waals surface area contributed by atoms with Gasteiger partial charge in [0.2, 0.25) is 15.9 Å². The molecule has 3 rings (SSSR count). The summed E-state index contributed by atoms with van der Waals surface area (Å²) >= 11 is 0. The van der Waals surface area contributed by atoms with Crippen molar-refractivity contribution < 1.29 is 27.1 Å². The molecule has 28 heavy (non-hydrogen) atoms. The lowest BCUT2D eigenvalue weighted by atomic mass is 10.2. The van der Waals surface area contributed by atoms with E-state index in [4.69, 9.17) is 9.47 Å². The maximum atomic E-state index is 14.2. The molecular weight excluding hydrogens is 387 g/mol. The van der Waals surface area contributed by atoms with Crippen LogP contribution < -0.4 is 5.32 Å². The van der Waals surface area contributed by atoms with Gasteiger partial charge in [0, 0.05) is 18.8 Å². The van der Waals surface area contributed by atoms with Gasteiger partial charge in [0.05, 0.1) is 19.8 Å². The van der Waals surface area contributed by atoms with E-state index in [0.717, 1.165) is 17.7 Å². The van der Waals surface area contributed by atoms with E-state index in [1.165, 1.54) is 10.4 Å². The van der Waals surface area contributed by atoms with Crippen molar-refractivity contribution in [1.29, 1.82) is 0 Å². The minimum Gasteiger partial charge on any atom is -0.379 e. The number of halogens is 1. The molecule has 1 saturated heterocycles. The van der Waals surface area contributed by atoms with Crippen LogP contribution in [0.3, 0.4) is 0 Å². The topological polar surface area (TPSA) is 84.9 Å². The number of hydrogen-bond donors (Lipinski definition) is 1. The van der Waals surface area contributed by atoms with Crippen LogP contribution in [0.2, 0.25) is 0 Å². The number of benzene rings is 2. The fourth-order valence-electron chi connectivity index (χ4n) is 2.74. The summed E-state index contributed by atoms with van der Waals surface area (Å²) in [5.41, 5.74) is 1.11. The number of ether oxygens (including phenoxy) is 2. The van der Waals surface area contributed by atoms with Gasteiger partial charge >= 0.3 is 0 Å². The molecular formula is C19H21FN2O5S. The minimum atomic E-state index is -4.01. The molecule has 1 aliphatic rings. The van der Waals surface area contributed by atoms with Crippen LogP contribution in [0.1, 0.15) is 5.56 Å². The second-order valence-electron chi connectivity index (χ2n) is 6.19. The Bertz CT molecular complexity index is 915. The van der Waals surface area contributed by atoms with Crippen molar-refractivity contribution in [1.82, 2.24) is 4.31 Å². The molecule has 0 spiro atoms. The molecule has 0 aliphatic carbocycles. The minimum absolute atomic E-state index is 0.158. The van der Waals surface area contributed by atoms with Gasteiger partial charge in [0.1, 0.15) is 17.3 Å². The number of rotatable bonds is 7. The van der Waals surface area contributed by atoms with Crippen LogP contribution in [-0.4, -0.2) is 51.5 Å². The standard InChI is InChI=1S/C19H21FN2O5S/c20-17-7-6-16(12-18(17)28(24,25)22-8-10-26-11-9-22)21-19(23)14-27-13-15-4-2-1-3-5-15/h1-7,12H,8-11,13-14H2,(H,21,23). The lowest BCUT2D eigenvalue weighted by molar-refractivity contribution is -0.121. The highest BCUT2D eigenvalue weighted by Crippen LogP contribution is 2.23. The average molecular weight is 408 g/mol. The molecule has 1 amide bonds. The third-order valence-electron chi connectivity index (χ3n) is 4.15. The van der Waals surface area contributed by atoms with E-state index in [1.807, 2.05) is 30.3 Å². The van der Waals surface area contributed by atoms with Crippen LogP contribution >= 0.6 is 0 Å². The molecule has 0 unspecified atom stereocenters. The highest BCUT2D eigenvalue weighted by molar-refractivity contribution is 7.89. The number of carbonyl (C=O) groups excluding carboxylic acids is 1. The summed E-state index contributed by atoms with van der Waals surface area (Å²) in [7, 11) is -4.01. The summed E-state index contributed by atoms with van der Waals surface area (Å²) in [5, 5.41) is 2.53. The van der Waals surface area contributed by atoms with Crippen molar-refractivity contribution in [2.75, 3.05) is 38.2 Å². The van der Waals surface area contributed by atoms with Crippen LogP contribution in [0, 0.1) is 5.82 Å². The molecule has 0 bridgehead atoms. The summed E-state index contributed by atoms with van der Waals surface area (Å²) < 4.78 is 51.2. The van der Waals surface area contributed by atoms with Crippen molar-refractivity contribution in [3.05, 3.63) is 59.9 Å². The lowest BCUT2D eigenvalue weighted by Crippen LogP contribution is -2.40. The second kappa shape index (κ2) is 9.24. The van der Waals surface area contributed by atoms with Gasteiger partial charge in [0.25, 0.3) is 0 Å². The average Bonchev–Trinajstić information content (AvgIpc) is 2.71. The van der Waals surface area contributed by atoms with Gasteiger partial charge in [-0.3, -0.25) is 4.79 Å². The Balaban J connectivity index is 1.63. The smallest absolute Gasteiger partial charge is 0.250 e. The quantitative estimate of drug-likeness (QED) is 0.758. The van der Waals surface area contributed by atoms with Crippen molar-refractivity contribution in [2.45, 2.75) is 11.5 Å². The van der Waals surface area contributed by atoms with Gasteiger partial charge in [-0.15, -0.1) is 0 Å². The Morgan fingerprint density at radius 2 is 1.86 bits per heavy atom. The number of carbonyl (C=O) groups is 1. The molecule has 2 aromatic carbocycles. The van der Waals surface area contributed by atoms with Gasteiger partial charge < -0.3 is 14.8 Å². The van der Waals surface area contributed by atoms with E-state index in [9.17, 15) is 17.6 Å². The van der Waals surface area contributed by atoms with Crippen molar-refractivity contribution in [3.8, 4) is 0 Å². The van der Waals surface area contributed by atoms with Crippen molar-refractivity contribution in [2.24, 2.45) is 0 Å². The van der Waals surface area contributed by atoms with Crippen LogP contribution in [0.15, 0.2) is 53.4 Å². The van der Waals surface area contributed by atoms with Crippen molar-refractivity contribution >= 4 is 21.6 Å². The number of hydrogen-bond acceptors (Lipinski definition) is 5. The summed E-state index contributed by atoms with van der Waals surface area (Å²) in [5.74, 6) is -1.33. The molecule has 0 atom stereocenters. The summed E-state index contributed by atoms with van der Waals surface area (Å²) in [6.07, 6.45) is 0. The predicted octanol–water partition coefficient (Wildman–Crippen LogP) is 2.00. The first-order valence-corrected chi connectivity index (χ1v) is 10.2. The van der Waals surface area contributed by atoms with Gasteiger partial charge in [-0.1, -0.05) is 30.3 Å². The van der Waals surface area contributed by atoms with E-state index < -0.39 is 26.6 Å². The third kappa shape index (κ3) is 5.14. The first kappa shape index (κ1) is 20.4. The third-order valence-corrected chi connectivity index (χ3v) is 6.06.